The largest absolute Gasteiger partial charge is 0.469 e. The molecule has 2 aliphatic heterocycles. The van der Waals surface area contributed by atoms with Crippen LogP contribution in [0.1, 0.15) is 71.1 Å². The van der Waals surface area contributed by atoms with Crippen molar-refractivity contribution in [3.05, 3.63) is 0 Å². The van der Waals surface area contributed by atoms with E-state index in [1.54, 1.807) is 0 Å². The summed E-state index contributed by atoms with van der Waals surface area (Å²) >= 11 is 0. The molecular formula is C22H38O7. The molecule has 1 saturated carbocycles. The van der Waals surface area contributed by atoms with Crippen molar-refractivity contribution in [3.8, 4) is 0 Å². The number of carbonyl (C=O) groups is 1. The lowest BCUT2D eigenvalue weighted by Gasteiger charge is -2.33. The average molecular weight is 415 g/mol. The van der Waals surface area contributed by atoms with E-state index >= 15 is 0 Å². The third kappa shape index (κ3) is 6.62. The maximum Gasteiger partial charge on any atom is 0.305 e. The van der Waals surface area contributed by atoms with E-state index in [1.807, 2.05) is 6.92 Å². The molecule has 2 saturated heterocycles. The third-order valence-electron chi connectivity index (χ3n) is 6.54. The summed E-state index contributed by atoms with van der Waals surface area (Å²) in [4.78, 5) is 11.2. The number of unbranched alkanes of at least 4 members (excludes halogenated alkanes) is 3. The van der Waals surface area contributed by atoms with Gasteiger partial charge < -0.3 is 28.8 Å². The van der Waals surface area contributed by atoms with E-state index in [1.165, 1.54) is 7.11 Å². The maximum absolute atomic E-state index is 11.2. The fraction of sp³-hybridized carbons (Fsp3) is 0.955. The Balaban J connectivity index is 1.51. The number of aliphatic hydroxyl groups is 1. The van der Waals surface area contributed by atoms with E-state index in [0.717, 1.165) is 58.0 Å². The molecule has 0 amide bonds. The minimum atomic E-state index is -0.386. The topological polar surface area (TPSA) is 83.5 Å². The third-order valence-corrected chi connectivity index (χ3v) is 6.54. The van der Waals surface area contributed by atoms with Crippen LogP contribution in [0.2, 0.25) is 0 Å². The minimum Gasteiger partial charge on any atom is -0.469 e. The highest BCUT2D eigenvalue weighted by molar-refractivity contribution is 5.68. The van der Waals surface area contributed by atoms with Crippen molar-refractivity contribution in [2.45, 2.75) is 102 Å². The molecule has 3 rings (SSSR count). The zero-order chi connectivity index (χ0) is 20.6. The Morgan fingerprint density at radius 2 is 1.97 bits per heavy atom. The molecule has 7 nitrogen and oxygen atoms in total. The van der Waals surface area contributed by atoms with E-state index < -0.39 is 0 Å². The molecule has 168 valence electrons. The van der Waals surface area contributed by atoms with Gasteiger partial charge in [-0.25, -0.2) is 0 Å². The van der Waals surface area contributed by atoms with Crippen molar-refractivity contribution in [1.29, 1.82) is 0 Å². The van der Waals surface area contributed by atoms with Crippen molar-refractivity contribution in [1.82, 2.24) is 0 Å². The Morgan fingerprint density at radius 3 is 2.66 bits per heavy atom. The summed E-state index contributed by atoms with van der Waals surface area (Å²) in [6.07, 6.45) is 8.24. The number of methoxy groups -OCH3 is 1. The fourth-order valence-corrected chi connectivity index (χ4v) is 5.02. The molecule has 7 heteroatoms. The summed E-state index contributed by atoms with van der Waals surface area (Å²) in [5, 5.41) is 10.8. The van der Waals surface area contributed by atoms with Gasteiger partial charge in [-0.05, 0) is 44.9 Å². The van der Waals surface area contributed by atoms with Crippen LogP contribution in [0.4, 0.5) is 0 Å². The first kappa shape index (κ1) is 22.9. The molecule has 3 aliphatic rings. The predicted molar refractivity (Wildman–Crippen MR) is 106 cm³/mol. The first-order valence-corrected chi connectivity index (χ1v) is 11.4. The van der Waals surface area contributed by atoms with Gasteiger partial charge in [0.15, 0.2) is 12.6 Å². The normalized spacial score (nSPS) is 37.7. The van der Waals surface area contributed by atoms with Crippen molar-refractivity contribution in [2.75, 3.05) is 20.3 Å². The lowest BCUT2D eigenvalue weighted by Crippen LogP contribution is -2.39. The Labute approximate surface area is 174 Å². The van der Waals surface area contributed by atoms with Crippen LogP contribution < -0.4 is 0 Å². The molecule has 1 N–H and O–H groups in total. The molecule has 7 atom stereocenters. The molecule has 0 spiro atoms. The Morgan fingerprint density at radius 1 is 1.14 bits per heavy atom. The number of aliphatic hydroxyl groups excluding tert-OH is 1. The molecule has 0 aromatic rings. The van der Waals surface area contributed by atoms with E-state index in [0.29, 0.717) is 19.4 Å². The molecule has 1 aliphatic carbocycles. The first-order chi connectivity index (χ1) is 14.1. The van der Waals surface area contributed by atoms with Crippen LogP contribution in [-0.4, -0.2) is 62.3 Å². The van der Waals surface area contributed by atoms with Gasteiger partial charge in [0.1, 0.15) is 0 Å². The highest BCUT2D eigenvalue weighted by Gasteiger charge is 2.49. The van der Waals surface area contributed by atoms with Gasteiger partial charge in [-0.1, -0.05) is 19.3 Å². The van der Waals surface area contributed by atoms with Gasteiger partial charge in [0.2, 0.25) is 0 Å². The van der Waals surface area contributed by atoms with Crippen LogP contribution >= 0.6 is 0 Å². The Bertz CT molecular complexity index is 494. The van der Waals surface area contributed by atoms with Crippen molar-refractivity contribution >= 4 is 5.97 Å². The van der Waals surface area contributed by atoms with Gasteiger partial charge in [-0.3, -0.25) is 4.79 Å². The molecule has 0 bridgehead atoms. The van der Waals surface area contributed by atoms with Gasteiger partial charge in [0.05, 0.1) is 32.0 Å². The smallest absolute Gasteiger partial charge is 0.305 e. The summed E-state index contributed by atoms with van der Waals surface area (Å²) in [6.45, 7) is 3.22. The van der Waals surface area contributed by atoms with E-state index in [4.69, 9.17) is 18.9 Å². The zero-order valence-electron chi connectivity index (χ0n) is 17.9. The SMILES string of the molecule is COC(=O)CCCCCC[C@@H]1[C@@H](C2COC(C)O2)[C@H](OC2CCCCO2)C[C@@H]1O. The Hall–Kier alpha value is -0.730. The number of ether oxygens (including phenoxy) is 5. The van der Waals surface area contributed by atoms with E-state index in [9.17, 15) is 9.90 Å². The van der Waals surface area contributed by atoms with Crippen LogP contribution in [0.3, 0.4) is 0 Å². The highest BCUT2D eigenvalue weighted by Crippen LogP contribution is 2.43. The second kappa shape index (κ2) is 11.6. The van der Waals surface area contributed by atoms with E-state index in [-0.39, 0.29) is 48.7 Å². The summed E-state index contributed by atoms with van der Waals surface area (Å²) in [7, 11) is 1.43. The molecule has 0 radical (unpaired) electrons. The molecule has 29 heavy (non-hydrogen) atoms. The average Bonchev–Trinajstić information content (AvgIpc) is 3.27. The van der Waals surface area contributed by atoms with Gasteiger partial charge >= 0.3 is 5.97 Å². The number of hydrogen-bond donors (Lipinski definition) is 1. The summed E-state index contributed by atoms with van der Waals surface area (Å²) in [5.74, 6) is 0.118. The van der Waals surface area contributed by atoms with Crippen LogP contribution in [0.5, 0.6) is 0 Å². The van der Waals surface area contributed by atoms with E-state index in [2.05, 4.69) is 4.74 Å². The van der Waals surface area contributed by atoms with Gasteiger partial charge in [0.25, 0.3) is 0 Å². The molecule has 0 aromatic carbocycles. The van der Waals surface area contributed by atoms with Gasteiger partial charge in [-0.2, -0.15) is 0 Å². The van der Waals surface area contributed by atoms with Gasteiger partial charge in [0, 0.05) is 25.4 Å². The number of rotatable bonds is 10. The zero-order valence-corrected chi connectivity index (χ0v) is 17.9. The maximum atomic E-state index is 11.2. The molecule has 2 heterocycles. The van der Waals surface area contributed by atoms with Crippen molar-refractivity contribution in [2.24, 2.45) is 11.8 Å². The highest BCUT2D eigenvalue weighted by atomic mass is 16.7. The monoisotopic (exact) mass is 414 g/mol. The predicted octanol–water partition coefficient (Wildman–Crippen LogP) is 3.17. The second-order valence-corrected chi connectivity index (χ2v) is 8.62. The van der Waals surface area contributed by atoms with Gasteiger partial charge in [-0.15, -0.1) is 0 Å². The molecular weight excluding hydrogens is 376 g/mol. The van der Waals surface area contributed by atoms with Crippen LogP contribution in [-0.2, 0) is 28.5 Å². The fourth-order valence-electron chi connectivity index (χ4n) is 5.02. The summed E-state index contributed by atoms with van der Waals surface area (Å²) < 4.78 is 28.5. The first-order valence-electron chi connectivity index (χ1n) is 11.4. The van der Waals surface area contributed by atoms with Crippen LogP contribution in [0, 0.1) is 11.8 Å². The standard InChI is InChI=1S/C22H38O7/c1-15-27-14-19(28-15)22-16(9-5-3-4-6-10-20(24)25-2)17(23)13-18(22)29-21-11-7-8-12-26-21/h15-19,21-23H,3-14H2,1-2H3/t15?,16-,17-,18+,19?,21?,22+/m0/s1. The number of esters is 1. The van der Waals surface area contributed by atoms with Crippen LogP contribution in [0.25, 0.3) is 0 Å². The lowest BCUT2D eigenvalue weighted by molar-refractivity contribution is -0.203. The number of hydrogen-bond acceptors (Lipinski definition) is 7. The summed E-state index contributed by atoms with van der Waals surface area (Å²) in [5.41, 5.74) is 0. The van der Waals surface area contributed by atoms with Crippen molar-refractivity contribution < 1.29 is 33.6 Å². The quantitative estimate of drug-likeness (QED) is 0.434. The van der Waals surface area contributed by atoms with Crippen LogP contribution in [0.15, 0.2) is 0 Å². The van der Waals surface area contributed by atoms with Crippen molar-refractivity contribution in [3.63, 3.8) is 0 Å². The molecule has 3 fully saturated rings. The number of carbonyl (C=O) groups excluding carboxylic acids is 1. The molecule has 0 aromatic heterocycles. The second-order valence-electron chi connectivity index (χ2n) is 8.62. The molecule has 3 unspecified atom stereocenters. The lowest BCUT2D eigenvalue weighted by atomic mass is 9.84. The Kier molecular flexibility index (Phi) is 9.18. The summed E-state index contributed by atoms with van der Waals surface area (Å²) in [6, 6.07) is 0. The minimum absolute atomic E-state index is 0.0416.